The molecule has 1 aliphatic heterocycles. The summed E-state index contributed by atoms with van der Waals surface area (Å²) < 4.78 is 0. The molecule has 0 bridgehead atoms. The lowest BCUT2D eigenvalue weighted by Crippen LogP contribution is -2.58. The van der Waals surface area contributed by atoms with Gasteiger partial charge in [-0.1, -0.05) is 13.3 Å². The zero-order chi connectivity index (χ0) is 12.5. The average molecular weight is 239 g/mol. The SMILES string of the molecule is CCC1CCC(N2CCCCC2(C)C(=O)O)C1. The van der Waals surface area contributed by atoms with Crippen LogP contribution in [0.4, 0.5) is 0 Å². The van der Waals surface area contributed by atoms with E-state index in [4.69, 9.17) is 0 Å². The van der Waals surface area contributed by atoms with E-state index in [0.717, 1.165) is 31.7 Å². The molecule has 1 heterocycles. The Labute approximate surface area is 104 Å². The minimum Gasteiger partial charge on any atom is -0.480 e. The lowest BCUT2D eigenvalue weighted by atomic mass is 9.86. The van der Waals surface area contributed by atoms with Gasteiger partial charge in [-0.25, -0.2) is 0 Å². The molecule has 3 unspecified atom stereocenters. The van der Waals surface area contributed by atoms with Crippen LogP contribution >= 0.6 is 0 Å². The van der Waals surface area contributed by atoms with E-state index in [0.29, 0.717) is 6.04 Å². The monoisotopic (exact) mass is 239 g/mol. The van der Waals surface area contributed by atoms with E-state index in [1.54, 1.807) is 0 Å². The predicted molar refractivity (Wildman–Crippen MR) is 68.0 cm³/mol. The second-order valence-corrected chi connectivity index (χ2v) is 5.97. The average Bonchev–Trinajstić information content (AvgIpc) is 2.78. The van der Waals surface area contributed by atoms with Crippen molar-refractivity contribution in [3.8, 4) is 0 Å². The summed E-state index contributed by atoms with van der Waals surface area (Å²) in [6.07, 6.45) is 7.97. The van der Waals surface area contributed by atoms with Gasteiger partial charge in [0.15, 0.2) is 0 Å². The summed E-state index contributed by atoms with van der Waals surface area (Å²) >= 11 is 0. The molecule has 0 aromatic rings. The number of carboxylic acid groups (broad SMARTS) is 1. The van der Waals surface area contributed by atoms with Crippen molar-refractivity contribution in [1.82, 2.24) is 4.90 Å². The van der Waals surface area contributed by atoms with Gasteiger partial charge in [0.05, 0.1) is 0 Å². The molecule has 1 saturated heterocycles. The van der Waals surface area contributed by atoms with Crippen LogP contribution in [0.1, 0.15) is 58.8 Å². The van der Waals surface area contributed by atoms with Crippen molar-refractivity contribution < 1.29 is 9.90 Å². The summed E-state index contributed by atoms with van der Waals surface area (Å²) in [5.74, 6) is 0.192. The summed E-state index contributed by atoms with van der Waals surface area (Å²) in [5, 5.41) is 9.51. The Morgan fingerprint density at radius 3 is 2.76 bits per heavy atom. The number of carboxylic acids is 1. The molecule has 0 aromatic heterocycles. The number of aliphatic carboxylic acids is 1. The Kier molecular flexibility index (Phi) is 3.76. The Bertz CT molecular complexity index is 292. The van der Waals surface area contributed by atoms with Crippen LogP contribution in [0.2, 0.25) is 0 Å². The molecule has 0 radical (unpaired) electrons. The summed E-state index contributed by atoms with van der Waals surface area (Å²) in [6.45, 7) is 5.15. The molecular formula is C14H25NO2. The van der Waals surface area contributed by atoms with Gasteiger partial charge in [0, 0.05) is 6.04 Å². The van der Waals surface area contributed by atoms with Crippen LogP contribution in [0.5, 0.6) is 0 Å². The predicted octanol–water partition coefficient (Wildman–Crippen LogP) is 2.89. The van der Waals surface area contributed by atoms with Gasteiger partial charge >= 0.3 is 5.97 Å². The molecule has 2 rings (SSSR count). The second kappa shape index (κ2) is 4.97. The van der Waals surface area contributed by atoms with Gasteiger partial charge < -0.3 is 5.11 Å². The van der Waals surface area contributed by atoms with Gasteiger partial charge in [-0.15, -0.1) is 0 Å². The van der Waals surface area contributed by atoms with Crippen LogP contribution in [0.15, 0.2) is 0 Å². The maximum absolute atomic E-state index is 11.6. The third-order valence-electron chi connectivity index (χ3n) is 4.94. The van der Waals surface area contributed by atoms with Gasteiger partial charge in [-0.2, -0.15) is 0 Å². The molecule has 0 aromatic carbocycles. The van der Waals surface area contributed by atoms with Crippen molar-refractivity contribution in [3.63, 3.8) is 0 Å². The van der Waals surface area contributed by atoms with Crippen molar-refractivity contribution in [3.05, 3.63) is 0 Å². The minimum atomic E-state index is -0.628. The number of hydrogen-bond donors (Lipinski definition) is 1. The Morgan fingerprint density at radius 1 is 1.41 bits per heavy atom. The zero-order valence-electron chi connectivity index (χ0n) is 11.1. The minimum absolute atomic E-state index is 0.515. The molecule has 3 heteroatoms. The van der Waals surface area contributed by atoms with E-state index in [2.05, 4.69) is 11.8 Å². The fourth-order valence-corrected chi connectivity index (χ4v) is 3.66. The van der Waals surface area contributed by atoms with Crippen LogP contribution in [-0.4, -0.2) is 34.1 Å². The third kappa shape index (κ3) is 2.35. The fraction of sp³-hybridized carbons (Fsp3) is 0.929. The first-order valence-corrected chi connectivity index (χ1v) is 7.08. The molecule has 1 saturated carbocycles. The van der Waals surface area contributed by atoms with Gasteiger partial charge in [0.25, 0.3) is 0 Å². The van der Waals surface area contributed by atoms with Crippen molar-refractivity contribution >= 4 is 5.97 Å². The van der Waals surface area contributed by atoms with Crippen LogP contribution in [0.25, 0.3) is 0 Å². The summed E-state index contributed by atoms with van der Waals surface area (Å²) in [4.78, 5) is 13.9. The van der Waals surface area contributed by atoms with Crippen molar-refractivity contribution in [2.24, 2.45) is 5.92 Å². The van der Waals surface area contributed by atoms with E-state index < -0.39 is 11.5 Å². The first kappa shape index (κ1) is 12.9. The normalized spacial score (nSPS) is 39.4. The summed E-state index contributed by atoms with van der Waals surface area (Å²) in [7, 11) is 0. The number of piperidine rings is 1. The smallest absolute Gasteiger partial charge is 0.323 e. The van der Waals surface area contributed by atoms with Gasteiger partial charge in [0.2, 0.25) is 0 Å². The topological polar surface area (TPSA) is 40.5 Å². The lowest BCUT2D eigenvalue weighted by Gasteiger charge is -2.45. The van der Waals surface area contributed by atoms with E-state index in [1.807, 2.05) is 6.92 Å². The maximum atomic E-state index is 11.6. The highest BCUT2D eigenvalue weighted by atomic mass is 16.4. The Balaban J connectivity index is 2.09. The summed E-state index contributed by atoms with van der Waals surface area (Å²) in [6, 6.07) is 0.515. The standard InChI is InChI=1S/C14H25NO2/c1-3-11-6-7-12(10-11)15-9-5-4-8-14(15,2)13(16)17/h11-12H,3-10H2,1-2H3,(H,16,17). The molecular weight excluding hydrogens is 214 g/mol. The van der Waals surface area contributed by atoms with Gasteiger partial charge in [0.1, 0.15) is 5.54 Å². The molecule has 0 amide bonds. The highest BCUT2D eigenvalue weighted by molar-refractivity contribution is 5.78. The molecule has 17 heavy (non-hydrogen) atoms. The van der Waals surface area contributed by atoms with Crippen LogP contribution in [0, 0.1) is 5.92 Å². The number of carbonyl (C=O) groups is 1. The largest absolute Gasteiger partial charge is 0.480 e. The molecule has 98 valence electrons. The quantitative estimate of drug-likeness (QED) is 0.823. The molecule has 2 fully saturated rings. The van der Waals surface area contributed by atoms with Crippen LogP contribution < -0.4 is 0 Å². The van der Waals surface area contributed by atoms with Crippen molar-refractivity contribution in [1.29, 1.82) is 0 Å². The van der Waals surface area contributed by atoms with Gasteiger partial charge in [-0.05, 0) is 57.9 Å². The van der Waals surface area contributed by atoms with E-state index in [9.17, 15) is 9.90 Å². The lowest BCUT2D eigenvalue weighted by molar-refractivity contribution is -0.155. The molecule has 1 N–H and O–H groups in total. The summed E-state index contributed by atoms with van der Waals surface area (Å²) in [5.41, 5.74) is -0.606. The Morgan fingerprint density at radius 2 is 2.18 bits per heavy atom. The highest BCUT2D eigenvalue weighted by Gasteiger charge is 2.45. The van der Waals surface area contributed by atoms with Crippen molar-refractivity contribution in [2.75, 3.05) is 6.54 Å². The number of hydrogen-bond acceptors (Lipinski definition) is 2. The van der Waals surface area contributed by atoms with Crippen LogP contribution in [0.3, 0.4) is 0 Å². The van der Waals surface area contributed by atoms with E-state index in [-0.39, 0.29) is 0 Å². The number of rotatable bonds is 3. The second-order valence-electron chi connectivity index (χ2n) is 5.97. The highest BCUT2D eigenvalue weighted by Crippen LogP contribution is 2.38. The molecule has 1 aliphatic carbocycles. The first-order valence-electron chi connectivity index (χ1n) is 7.08. The molecule has 3 nitrogen and oxygen atoms in total. The van der Waals surface area contributed by atoms with E-state index >= 15 is 0 Å². The van der Waals surface area contributed by atoms with Crippen LogP contribution in [-0.2, 0) is 4.79 Å². The fourth-order valence-electron chi connectivity index (χ4n) is 3.66. The van der Waals surface area contributed by atoms with Crippen molar-refractivity contribution in [2.45, 2.75) is 70.4 Å². The molecule has 3 atom stereocenters. The third-order valence-corrected chi connectivity index (χ3v) is 4.94. The molecule has 0 spiro atoms. The molecule has 2 aliphatic rings. The first-order chi connectivity index (χ1) is 8.08. The van der Waals surface area contributed by atoms with Gasteiger partial charge in [-0.3, -0.25) is 9.69 Å². The zero-order valence-corrected chi connectivity index (χ0v) is 11.1. The Hall–Kier alpha value is -0.570. The number of nitrogens with zero attached hydrogens (tertiary/aromatic N) is 1. The van der Waals surface area contributed by atoms with E-state index in [1.165, 1.54) is 25.7 Å². The maximum Gasteiger partial charge on any atom is 0.323 e. The number of likely N-dealkylation sites (tertiary alicyclic amines) is 1.